The van der Waals surface area contributed by atoms with Crippen molar-refractivity contribution in [3.05, 3.63) is 18.0 Å². The largest absolute Gasteiger partial charge is 0.395 e. The Kier molecular flexibility index (Phi) is 3.81. The van der Waals surface area contributed by atoms with Gasteiger partial charge in [0.05, 0.1) is 12.8 Å². The van der Waals surface area contributed by atoms with Crippen LogP contribution in [0.3, 0.4) is 0 Å². The van der Waals surface area contributed by atoms with Crippen molar-refractivity contribution in [2.45, 2.75) is 6.04 Å². The van der Waals surface area contributed by atoms with E-state index >= 15 is 0 Å². The Morgan fingerprint density at radius 2 is 2.47 bits per heavy atom. The smallest absolute Gasteiger partial charge is 0.244 e. The van der Waals surface area contributed by atoms with Crippen molar-refractivity contribution in [1.82, 2.24) is 14.7 Å². The molecule has 0 bridgehead atoms. The number of aliphatic hydroxyl groups is 1. The van der Waals surface area contributed by atoms with Gasteiger partial charge in [0.2, 0.25) is 5.91 Å². The maximum Gasteiger partial charge on any atom is 0.244 e. The van der Waals surface area contributed by atoms with E-state index in [0.717, 1.165) is 0 Å². The van der Waals surface area contributed by atoms with Crippen LogP contribution in [0.15, 0.2) is 12.4 Å². The Bertz CT molecular complexity index is 337. The summed E-state index contributed by atoms with van der Waals surface area (Å²) < 4.78 is 1.59. The summed E-state index contributed by atoms with van der Waals surface area (Å²) in [6.45, 7) is 0.217. The van der Waals surface area contributed by atoms with Crippen molar-refractivity contribution in [3.63, 3.8) is 0 Å². The summed E-state index contributed by atoms with van der Waals surface area (Å²) in [6.07, 6.45) is 3.27. The number of aromatic nitrogens is 2. The Labute approximate surface area is 88.3 Å². The third-order valence-corrected chi connectivity index (χ3v) is 2.16. The number of nitrogens with two attached hydrogens (primary N) is 1. The lowest BCUT2D eigenvalue weighted by molar-refractivity contribution is -0.131. The lowest BCUT2D eigenvalue weighted by atomic mass is 10.1. The normalized spacial score (nSPS) is 12.5. The van der Waals surface area contributed by atoms with E-state index < -0.39 is 6.04 Å². The maximum atomic E-state index is 11.7. The Morgan fingerprint density at radius 1 is 1.80 bits per heavy atom. The molecule has 0 aliphatic heterocycles. The average molecular weight is 212 g/mol. The van der Waals surface area contributed by atoms with Gasteiger partial charge in [-0.25, -0.2) is 0 Å². The van der Waals surface area contributed by atoms with Crippen LogP contribution >= 0.6 is 0 Å². The van der Waals surface area contributed by atoms with Crippen molar-refractivity contribution < 1.29 is 9.90 Å². The van der Waals surface area contributed by atoms with Gasteiger partial charge in [-0.15, -0.1) is 0 Å². The molecule has 1 atom stereocenters. The van der Waals surface area contributed by atoms with Crippen molar-refractivity contribution in [1.29, 1.82) is 0 Å². The van der Waals surface area contributed by atoms with E-state index in [2.05, 4.69) is 5.10 Å². The first-order chi connectivity index (χ1) is 7.06. The first kappa shape index (κ1) is 11.7. The molecule has 1 heterocycles. The van der Waals surface area contributed by atoms with Gasteiger partial charge in [0, 0.05) is 32.4 Å². The molecule has 84 valence electrons. The van der Waals surface area contributed by atoms with Crippen LogP contribution in [0.5, 0.6) is 0 Å². The molecule has 1 unspecified atom stereocenters. The first-order valence-corrected chi connectivity index (χ1v) is 4.66. The van der Waals surface area contributed by atoms with Crippen LogP contribution in [0.25, 0.3) is 0 Å². The topological polar surface area (TPSA) is 84.4 Å². The monoisotopic (exact) mass is 212 g/mol. The van der Waals surface area contributed by atoms with E-state index in [-0.39, 0.29) is 19.1 Å². The fraction of sp³-hybridized carbons (Fsp3) is 0.556. The summed E-state index contributed by atoms with van der Waals surface area (Å²) in [4.78, 5) is 13.1. The van der Waals surface area contributed by atoms with Crippen LogP contribution < -0.4 is 5.73 Å². The number of amides is 1. The first-order valence-electron chi connectivity index (χ1n) is 4.66. The van der Waals surface area contributed by atoms with Gasteiger partial charge < -0.3 is 15.7 Å². The molecule has 0 fully saturated rings. The molecule has 6 heteroatoms. The quantitative estimate of drug-likeness (QED) is 0.661. The number of rotatable bonds is 4. The van der Waals surface area contributed by atoms with Crippen LogP contribution in [-0.4, -0.2) is 45.9 Å². The third kappa shape index (κ3) is 2.77. The highest BCUT2D eigenvalue weighted by molar-refractivity contribution is 5.82. The number of aryl methyl sites for hydroxylation is 1. The van der Waals surface area contributed by atoms with Gasteiger partial charge in [-0.3, -0.25) is 9.48 Å². The Balaban J connectivity index is 2.68. The van der Waals surface area contributed by atoms with Gasteiger partial charge in [-0.1, -0.05) is 0 Å². The Morgan fingerprint density at radius 3 is 2.93 bits per heavy atom. The molecule has 3 N–H and O–H groups in total. The minimum absolute atomic E-state index is 0.0675. The summed E-state index contributed by atoms with van der Waals surface area (Å²) in [5.74, 6) is -0.225. The van der Waals surface area contributed by atoms with E-state index in [0.29, 0.717) is 5.56 Å². The zero-order valence-electron chi connectivity index (χ0n) is 8.92. The summed E-state index contributed by atoms with van der Waals surface area (Å²) in [7, 11) is 3.37. The fourth-order valence-electron chi connectivity index (χ4n) is 1.24. The SMILES string of the molecule is CN(CCO)C(=O)C(N)c1cnn(C)c1. The zero-order valence-corrected chi connectivity index (χ0v) is 8.92. The van der Waals surface area contributed by atoms with Gasteiger partial charge >= 0.3 is 0 Å². The molecule has 6 nitrogen and oxygen atoms in total. The van der Waals surface area contributed by atoms with Gasteiger partial charge in [0.15, 0.2) is 0 Å². The zero-order chi connectivity index (χ0) is 11.4. The van der Waals surface area contributed by atoms with Crippen LogP contribution in [0.1, 0.15) is 11.6 Å². The molecule has 0 aliphatic carbocycles. The Hall–Kier alpha value is -1.40. The molecule has 0 spiro atoms. The number of hydrogen-bond donors (Lipinski definition) is 2. The van der Waals surface area contributed by atoms with Gasteiger partial charge in [0.1, 0.15) is 6.04 Å². The van der Waals surface area contributed by atoms with Crippen molar-refractivity contribution in [3.8, 4) is 0 Å². The van der Waals surface area contributed by atoms with Crippen molar-refractivity contribution in [2.24, 2.45) is 12.8 Å². The maximum absolute atomic E-state index is 11.7. The number of nitrogens with zero attached hydrogens (tertiary/aromatic N) is 3. The highest BCUT2D eigenvalue weighted by Crippen LogP contribution is 2.10. The summed E-state index contributed by atoms with van der Waals surface area (Å²) in [5.41, 5.74) is 6.43. The van der Waals surface area contributed by atoms with Crippen LogP contribution in [0.2, 0.25) is 0 Å². The molecule has 1 amide bonds. The van der Waals surface area contributed by atoms with Crippen LogP contribution in [0.4, 0.5) is 0 Å². The van der Waals surface area contributed by atoms with Crippen molar-refractivity contribution in [2.75, 3.05) is 20.2 Å². The minimum Gasteiger partial charge on any atom is -0.395 e. The van der Waals surface area contributed by atoms with Crippen LogP contribution in [-0.2, 0) is 11.8 Å². The summed E-state index contributed by atoms with van der Waals surface area (Å²) in [6, 6.07) is -0.713. The summed E-state index contributed by atoms with van der Waals surface area (Å²) >= 11 is 0. The second kappa shape index (κ2) is 4.90. The van der Waals surface area contributed by atoms with Gasteiger partial charge in [-0.05, 0) is 0 Å². The molecule has 0 saturated heterocycles. The van der Waals surface area contributed by atoms with E-state index in [1.54, 1.807) is 31.2 Å². The molecule has 0 aromatic carbocycles. The lowest BCUT2D eigenvalue weighted by Crippen LogP contribution is -2.37. The predicted molar refractivity (Wildman–Crippen MR) is 54.9 cm³/mol. The number of likely N-dealkylation sites (N-methyl/N-ethyl adjacent to an activating group) is 1. The van der Waals surface area contributed by atoms with E-state index in [1.165, 1.54) is 4.90 Å². The molecule has 1 aromatic heterocycles. The van der Waals surface area contributed by atoms with E-state index in [9.17, 15) is 4.79 Å². The van der Waals surface area contributed by atoms with Gasteiger partial charge in [0.25, 0.3) is 0 Å². The summed E-state index contributed by atoms with van der Waals surface area (Å²) in [5, 5.41) is 12.6. The van der Waals surface area contributed by atoms with Crippen LogP contribution in [0, 0.1) is 0 Å². The lowest BCUT2D eigenvalue weighted by Gasteiger charge is -2.19. The number of carbonyl (C=O) groups excluding carboxylic acids is 1. The number of hydrogen-bond acceptors (Lipinski definition) is 4. The average Bonchev–Trinajstić information content (AvgIpc) is 2.63. The molecule has 1 rings (SSSR count). The second-order valence-electron chi connectivity index (χ2n) is 3.41. The minimum atomic E-state index is -0.713. The molecule has 0 aliphatic rings. The number of carbonyl (C=O) groups is 1. The molecular weight excluding hydrogens is 196 g/mol. The van der Waals surface area contributed by atoms with Gasteiger partial charge in [-0.2, -0.15) is 5.10 Å². The highest BCUT2D eigenvalue weighted by Gasteiger charge is 2.20. The predicted octanol–water partition coefficient (Wildman–Crippen LogP) is -1.13. The molecular formula is C9H16N4O2. The molecule has 1 aromatic rings. The number of aliphatic hydroxyl groups excluding tert-OH is 1. The molecule has 0 radical (unpaired) electrons. The fourth-order valence-corrected chi connectivity index (χ4v) is 1.24. The van der Waals surface area contributed by atoms with Crippen molar-refractivity contribution >= 4 is 5.91 Å². The highest BCUT2D eigenvalue weighted by atomic mass is 16.3. The van der Waals surface area contributed by atoms with E-state index in [4.69, 9.17) is 10.8 Å². The third-order valence-electron chi connectivity index (χ3n) is 2.16. The molecule has 15 heavy (non-hydrogen) atoms. The second-order valence-corrected chi connectivity index (χ2v) is 3.41. The van der Waals surface area contributed by atoms with E-state index in [1.807, 2.05) is 0 Å². The standard InChI is InChI=1S/C9H16N4O2/c1-12(3-4-14)9(15)8(10)7-5-11-13(2)6-7/h5-6,8,14H,3-4,10H2,1-2H3. The molecule has 0 saturated carbocycles.